The van der Waals surface area contributed by atoms with Gasteiger partial charge < -0.3 is 14.2 Å². The van der Waals surface area contributed by atoms with Crippen LogP contribution in [-0.4, -0.2) is 50.9 Å². The summed E-state index contributed by atoms with van der Waals surface area (Å²) in [6, 6.07) is 0. The van der Waals surface area contributed by atoms with E-state index in [0.29, 0.717) is 23.2 Å². The van der Waals surface area contributed by atoms with E-state index >= 15 is 0 Å². The fourth-order valence-electron chi connectivity index (χ4n) is 0.989. The Hall–Kier alpha value is -1.51. The average Bonchev–Trinajstić information content (AvgIpc) is 2.82. The second kappa shape index (κ2) is 7.75. The van der Waals surface area contributed by atoms with Crippen LogP contribution in [0.2, 0.25) is 0 Å². The molecule has 8 heteroatoms. The number of aromatic nitrogens is 1. The van der Waals surface area contributed by atoms with Gasteiger partial charge in [-0.2, -0.15) is 0 Å². The van der Waals surface area contributed by atoms with Crippen LogP contribution >= 0.6 is 11.3 Å². The second-order valence-electron chi connectivity index (χ2n) is 3.11. The Morgan fingerprint density at radius 2 is 2.17 bits per heavy atom. The van der Waals surface area contributed by atoms with Gasteiger partial charge in [0.15, 0.2) is 5.13 Å². The molecule has 1 aromatic rings. The minimum Gasteiger partial charge on any atom is -0.465 e. The number of thiazole rings is 1. The number of rotatable bonds is 7. The fraction of sp³-hybridized carbons (Fsp3) is 0.500. The summed E-state index contributed by atoms with van der Waals surface area (Å²) in [5.74, 6) is -0.818. The Morgan fingerprint density at radius 1 is 1.39 bits per heavy atom. The number of carbonyl (C=O) groups excluding carboxylic acids is 2. The number of carbonyl (C=O) groups is 2. The van der Waals surface area contributed by atoms with Gasteiger partial charge in [0.2, 0.25) is 0 Å². The van der Waals surface area contributed by atoms with Crippen LogP contribution in [0.4, 0.5) is 5.13 Å². The van der Waals surface area contributed by atoms with Crippen LogP contribution in [0.15, 0.2) is 6.20 Å². The van der Waals surface area contributed by atoms with Gasteiger partial charge in [0.25, 0.3) is 5.91 Å². The third kappa shape index (κ3) is 4.78. The number of hydrogen-bond donors (Lipinski definition) is 1. The highest BCUT2D eigenvalue weighted by Crippen LogP contribution is 2.18. The van der Waals surface area contributed by atoms with Gasteiger partial charge in [-0.05, 0) is 0 Å². The molecule has 0 bridgehead atoms. The van der Waals surface area contributed by atoms with Gasteiger partial charge in [-0.3, -0.25) is 10.1 Å². The molecular weight excluding hydrogens is 260 g/mol. The van der Waals surface area contributed by atoms with Crippen molar-refractivity contribution in [2.75, 3.05) is 39.4 Å². The lowest BCUT2D eigenvalue weighted by molar-refractivity contribution is -0.121. The molecule has 7 nitrogen and oxygen atoms in total. The highest BCUT2D eigenvalue weighted by molar-refractivity contribution is 7.17. The quantitative estimate of drug-likeness (QED) is 0.576. The number of nitrogens with zero attached hydrogens (tertiary/aromatic N) is 1. The topological polar surface area (TPSA) is 86.8 Å². The second-order valence-corrected chi connectivity index (χ2v) is 4.15. The Bertz CT molecular complexity index is 407. The molecule has 0 unspecified atom stereocenters. The lowest BCUT2D eigenvalue weighted by Crippen LogP contribution is -2.19. The molecule has 0 radical (unpaired) electrons. The van der Waals surface area contributed by atoms with Crippen LogP contribution < -0.4 is 5.32 Å². The number of ether oxygens (including phenoxy) is 3. The van der Waals surface area contributed by atoms with Gasteiger partial charge in [0.1, 0.15) is 11.5 Å². The van der Waals surface area contributed by atoms with E-state index in [1.165, 1.54) is 13.3 Å². The molecule has 0 aliphatic carbocycles. The van der Waals surface area contributed by atoms with Gasteiger partial charge in [0.05, 0.1) is 26.5 Å². The van der Waals surface area contributed by atoms with Crippen LogP contribution in [0.25, 0.3) is 0 Å². The molecule has 0 atom stereocenters. The van der Waals surface area contributed by atoms with E-state index in [-0.39, 0.29) is 12.5 Å². The third-order valence-electron chi connectivity index (χ3n) is 1.80. The number of hydrogen-bond acceptors (Lipinski definition) is 7. The van der Waals surface area contributed by atoms with E-state index in [0.717, 1.165) is 11.3 Å². The zero-order valence-electron chi connectivity index (χ0n) is 10.1. The summed E-state index contributed by atoms with van der Waals surface area (Å²) in [6.45, 7) is 0.683. The first-order chi connectivity index (χ1) is 8.67. The number of methoxy groups -OCH3 is 2. The lowest BCUT2D eigenvalue weighted by atomic mass is 10.6. The summed E-state index contributed by atoms with van der Waals surface area (Å²) >= 11 is 1.04. The predicted octanol–water partition coefficient (Wildman–Crippen LogP) is 0.531. The molecule has 1 N–H and O–H groups in total. The number of nitrogens with one attached hydrogen (secondary N) is 1. The first-order valence-electron chi connectivity index (χ1n) is 5.08. The number of anilines is 1. The van der Waals surface area contributed by atoms with Crippen molar-refractivity contribution in [2.24, 2.45) is 0 Å². The van der Waals surface area contributed by atoms with Gasteiger partial charge in [-0.25, -0.2) is 9.78 Å². The van der Waals surface area contributed by atoms with E-state index in [1.54, 1.807) is 7.11 Å². The van der Waals surface area contributed by atoms with Crippen LogP contribution in [-0.2, 0) is 19.0 Å². The summed E-state index contributed by atoms with van der Waals surface area (Å²) in [6.07, 6.45) is 1.35. The predicted molar refractivity (Wildman–Crippen MR) is 64.8 cm³/mol. The van der Waals surface area contributed by atoms with Crippen molar-refractivity contribution in [1.82, 2.24) is 4.98 Å². The van der Waals surface area contributed by atoms with Crippen LogP contribution in [0, 0.1) is 0 Å². The molecule has 0 fully saturated rings. The van der Waals surface area contributed by atoms with E-state index < -0.39 is 5.97 Å². The number of esters is 1. The maximum absolute atomic E-state index is 11.4. The van der Waals surface area contributed by atoms with E-state index in [4.69, 9.17) is 9.47 Å². The summed E-state index contributed by atoms with van der Waals surface area (Å²) < 4.78 is 14.3. The molecule has 1 aromatic heterocycles. The average molecular weight is 274 g/mol. The highest BCUT2D eigenvalue weighted by Gasteiger charge is 2.12. The van der Waals surface area contributed by atoms with E-state index in [9.17, 15) is 9.59 Å². The molecule has 1 heterocycles. The van der Waals surface area contributed by atoms with E-state index in [1.807, 2.05) is 0 Å². The van der Waals surface area contributed by atoms with Crippen molar-refractivity contribution in [3.63, 3.8) is 0 Å². The Labute approximate surface area is 108 Å². The van der Waals surface area contributed by atoms with Crippen LogP contribution in [0.5, 0.6) is 0 Å². The van der Waals surface area contributed by atoms with Crippen molar-refractivity contribution < 1.29 is 23.8 Å². The SMILES string of the molecule is COCCOCC(=O)Nc1ncc(C(=O)OC)s1. The fourth-order valence-corrected chi connectivity index (χ4v) is 1.74. The highest BCUT2D eigenvalue weighted by atomic mass is 32.1. The minimum absolute atomic E-state index is 0.0868. The minimum atomic E-state index is -0.482. The maximum Gasteiger partial charge on any atom is 0.349 e. The summed E-state index contributed by atoms with van der Waals surface area (Å²) in [5.41, 5.74) is 0. The molecule has 0 saturated carbocycles. The first kappa shape index (κ1) is 14.6. The van der Waals surface area contributed by atoms with E-state index in [2.05, 4.69) is 15.0 Å². The normalized spacial score (nSPS) is 10.1. The summed E-state index contributed by atoms with van der Waals surface area (Å²) in [5, 5.41) is 2.84. The van der Waals surface area contributed by atoms with Gasteiger partial charge >= 0.3 is 5.97 Å². The zero-order chi connectivity index (χ0) is 13.4. The Morgan fingerprint density at radius 3 is 2.83 bits per heavy atom. The zero-order valence-corrected chi connectivity index (χ0v) is 10.9. The Balaban J connectivity index is 2.35. The van der Waals surface area contributed by atoms with Crippen molar-refractivity contribution in [3.05, 3.63) is 11.1 Å². The molecule has 0 aliphatic rings. The first-order valence-corrected chi connectivity index (χ1v) is 5.89. The Kier molecular flexibility index (Phi) is 6.26. The van der Waals surface area contributed by atoms with Gasteiger partial charge in [0, 0.05) is 7.11 Å². The van der Waals surface area contributed by atoms with Crippen molar-refractivity contribution in [2.45, 2.75) is 0 Å². The molecular formula is C10H14N2O5S. The molecule has 0 spiro atoms. The smallest absolute Gasteiger partial charge is 0.349 e. The van der Waals surface area contributed by atoms with Crippen LogP contribution in [0.1, 0.15) is 9.67 Å². The molecule has 18 heavy (non-hydrogen) atoms. The molecule has 1 amide bonds. The molecule has 100 valence electrons. The van der Waals surface area contributed by atoms with Crippen molar-refractivity contribution in [1.29, 1.82) is 0 Å². The van der Waals surface area contributed by atoms with Gasteiger partial charge in [-0.1, -0.05) is 11.3 Å². The molecule has 0 saturated heterocycles. The lowest BCUT2D eigenvalue weighted by Gasteiger charge is -2.02. The molecule has 0 aliphatic heterocycles. The van der Waals surface area contributed by atoms with Crippen molar-refractivity contribution >= 4 is 28.3 Å². The third-order valence-corrected chi connectivity index (χ3v) is 2.70. The maximum atomic E-state index is 11.4. The number of amides is 1. The monoisotopic (exact) mass is 274 g/mol. The van der Waals surface area contributed by atoms with Crippen LogP contribution in [0.3, 0.4) is 0 Å². The summed E-state index contributed by atoms with van der Waals surface area (Å²) in [4.78, 5) is 26.8. The summed E-state index contributed by atoms with van der Waals surface area (Å²) in [7, 11) is 2.83. The molecule has 0 aromatic carbocycles. The van der Waals surface area contributed by atoms with Gasteiger partial charge in [-0.15, -0.1) is 0 Å². The largest absolute Gasteiger partial charge is 0.465 e. The van der Waals surface area contributed by atoms with Crippen molar-refractivity contribution in [3.8, 4) is 0 Å². The standard InChI is InChI=1S/C10H14N2O5S/c1-15-3-4-17-6-8(13)12-10-11-5-7(18-10)9(14)16-2/h5H,3-4,6H2,1-2H3,(H,11,12,13). The molecule has 1 rings (SSSR count).